The van der Waals surface area contributed by atoms with Crippen molar-refractivity contribution in [3.8, 4) is 5.75 Å². The number of hydrogen-bond acceptors (Lipinski definition) is 3. The third-order valence-electron chi connectivity index (χ3n) is 3.59. The van der Waals surface area contributed by atoms with Gasteiger partial charge in [-0.15, -0.1) is 0 Å². The van der Waals surface area contributed by atoms with Gasteiger partial charge in [0.15, 0.2) is 0 Å². The highest BCUT2D eigenvalue weighted by atomic mass is 19.4. The summed E-state index contributed by atoms with van der Waals surface area (Å²) >= 11 is 0. The number of alkyl halides is 5. The monoisotopic (exact) mass is 368 g/mol. The summed E-state index contributed by atoms with van der Waals surface area (Å²) in [5.41, 5.74) is -1.28. The van der Waals surface area contributed by atoms with E-state index in [1.54, 1.807) is 6.92 Å². The molecule has 0 spiro atoms. The summed E-state index contributed by atoms with van der Waals surface area (Å²) in [5.74, 6) is -1.26. The summed E-state index contributed by atoms with van der Waals surface area (Å²) in [6, 6.07) is 2.92. The lowest BCUT2D eigenvalue weighted by Gasteiger charge is -2.23. The first kappa shape index (κ1) is 21.2. The van der Waals surface area contributed by atoms with Gasteiger partial charge < -0.3 is 9.47 Å². The van der Waals surface area contributed by atoms with Crippen molar-refractivity contribution >= 4 is 5.97 Å². The SMILES string of the molecule is CCOC(=O)CC(C)(C)CCc1ccc(C(F)(F)F)c(OC(F)F)c1. The van der Waals surface area contributed by atoms with Crippen LogP contribution >= 0.6 is 0 Å². The number of aryl methyl sites for hydroxylation is 1. The average molecular weight is 368 g/mol. The van der Waals surface area contributed by atoms with Crippen LogP contribution in [0.4, 0.5) is 22.0 Å². The van der Waals surface area contributed by atoms with Crippen LogP contribution in [-0.4, -0.2) is 19.2 Å². The molecular formula is C17H21F5O3. The number of rotatable bonds is 8. The van der Waals surface area contributed by atoms with Gasteiger partial charge >= 0.3 is 18.8 Å². The molecule has 0 aromatic heterocycles. The van der Waals surface area contributed by atoms with Crippen LogP contribution in [-0.2, 0) is 22.1 Å². The van der Waals surface area contributed by atoms with E-state index in [0.717, 1.165) is 12.1 Å². The fourth-order valence-corrected chi connectivity index (χ4v) is 2.32. The van der Waals surface area contributed by atoms with Gasteiger partial charge in [-0.2, -0.15) is 22.0 Å². The van der Waals surface area contributed by atoms with Crippen LogP contribution in [0.2, 0.25) is 0 Å². The maximum Gasteiger partial charge on any atom is 0.419 e. The number of esters is 1. The lowest BCUT2D eigenvalue weighted by molar-refractivity contribution is -0.145. The molecule has 0 unspecified atom stereocenters. The Balaban J connectivity index is 2.87. The minimum Gasteiger partial charge on any atom is -0.466 e. The molecule has 0 heterocycles. The fourth-order valence-electron chi connectivity index (χ4n) is 2.32. The van der Waals surface area contributed by atoms with Crippen LogP contribution in [0.3, 0.4) is 0 Å². The van der Waals surface area contributed by atoms with Gasteiger partial charge in [-0.3, -0.25) is 4.79 Å². The Bertz CT molecular complexity index is 582. The minimum atomic E-state index is -4.79. The van der Waals surface area contributed by atoms with Gasteiger partial charge in [0.05, 0.1) is 18.6 Å². The van der Waals surface area contributed by atoms with E-state index in [9.17, 15) is 26.7 Å². The van der Waals surface area contributed by atoms with Crippen LogP contribution in [0, 0.1) is 5.41 Å². The predicted molar refractivity (Wildman–Crippen MR) is 81.4 cm³/mol. The second-order valence-electron chi connectivity index (χ2n) is 6.35. The number of carbonyl (C=O) groups excluding carboxylic acids is 1. The molecule has 1 aromatic rings. The maximum atomic E-state index is 12.8. The van der Waals surface area contributed by atoms with E-state index in [2.05, 4.69) is 4.74 Å². The Morgan fingerprint density at radius 2 is 1.84 bits per heavy atom. The second-order valence-corrected chi connectivity index (χ2v) is 6.35. The van der Waals surface area contributed by atoms with Gasteiger partial charge in [0.1, 0.15) is 5.75 Å². The zero-order chi connectivity index (χ0) is 19.3. The van der Waals surface area contributed by atoms with Crippen molar-refractivity contribution in [3.05, 3.63) is 29.3 Å². The average Bonchev–Trinajstić information content (AvgIpc) is 2.43. The summed E-state index contributed by atoms with van der Waals surface area (Å²) < 4.78 is 72.2. The summed E-state index contributed by atoms with van der Waals surface area (Å²) in [7, 11) is 0. The van der Waals surface area contributed by atoms with Gasteiger partial charge in [0.25, 0.3) is 0 Å². The lowest BCUT2D eigenvalue weighted by atomic mass is 9.83. The third-order valence-corrected chi connectivity index (χ3v) is 3.59. The number of carbonyl (C=O) groups is 1. The molecule has 0 aliphatic carbocycles. The molecule has 0 fully saturated rings. The van der Waals surface area contributed by atoms with Crippen molar-refractivity contribution in [2.45, 2.75) is 52.8 Å². The van der Waals surface area contributed by atoms with Gasteiger partial charge in [-0.1, -0.05) is 19.9 Å². The molecule has 142 valence electrons. The predicted octanol–water partition coefficient (Wildman–Crippen LogP) is 5.22. The highest BCUT2D eigenvalue weighted by molar-refractivity contribution is 5.70. The topological polar surface area (TPSA) is 35.5 Å². The van der Waals surface area contributed by atoms with E-state index in [1.165, 1.54) is 6.07 Å². The number of halogens is 5. The van der Waals surface area contributed by atoms with Crippen molar-refractivity contribution in [1.29, 1.82) is 0 Å². The van der Waals surface area contributed by atoms with Crippen molar-refractivity contribution in [3.63, 3.8) is 0 Å². The van der Waals surface area contributed by atoms with Gasteiger partial charge in [-0.25, -0.2) is 0 Å². The lowest BCUT2D eigenvalue weighted by Crippen LogP contribution is -2.20. The zero-order valence-electron chi connectivity index (χ0n) is 14.3. The minimum absolute atomic E-state index is 0.155. The van der Waals surface area contributed by atoms with Gasteiger partial charge in [-0.05, 0) is 42.9 Å². The molecule has 0 amide bonds. The quantitative estimate of drug-likeness (QED) is 0.466. The Morgan fingerprint density at radius 3 is 2.36 bits per heavy atom. The molecule has 0 bridgehead atoms. The van der Waals surface area contributed by atoms with Crippen molar-refractivity contribution < 1.29 is 36.2 Å². The van der Waals surface area contributed by atoms with E-state index < -0.39 is 29.5 Å². The molecule has 1 aromatic carbocycles. The zero-order valence-corrected chi connectivity index (χ0v) is 14.3. The number of ether oxygens (including phenoxy) is 2. The molecule has 0 atom stereocenters. The molecule has 0 saturated heterocycles. The third kappa shape index (κ3) is 7.27. The highest BCUT2D eigenvalue weighted by Gasteiger charge is 2.35. The molecule has 0 radical (unpaired) electrons. The van der Waals surface area contributed by atoms with Crippen LogP contribution in [0.1, 0.15) is 44.7 Å². The van der Waals surface area contributed by atoms with Gasteiger partial charge in [0.2, 0.25) is 0 Å². The van der Waals surface area contributed by atoms with Crippen LogP contribution in [0.25, 0.3) is 0 Å². The normalized spacial score (nSPS) is 12.4. The summed E-state index contributed by atoms with van der Waals surface area (Å²) in [5, 5.41) is 0. The first-order valence-electron chi connectivity index (χ1n) is 7.75. The van der Waals surface area contributed by atoms with Crippen LogP contribution < -0.4 is 4.74 Å². The van der Waals surface area contributed by atoms with E-state index in [-0.39, 0.29) is 19.0 Å². The standard InChI is InChI=1S/C17H21F5O3/c1-4-24-14(23)10-16(2,3)8-7-11-5-6-12(17(20,21)22)13(9-11)25-15(18)19/h5-6,9,15H,4,7-8,10H2,1-3H3. The Hall–Kier alpha value is -1.86. The molecule has 0 saturated carbocycles. The summed E-state index contributed by atoms with van der Waals surface area (Å²) in [6.45, 7) is 2.26. The van der Waals surface area contributed by atoms with E-state index in [0.29, 0.717) is 18.4 Å². The molecule has 0 aliphatic heterocycles. The summed E-state index contributed by atoms with van der Waals surface area (Å²) in [6.07, 6.45) is -3.86. The maximum absolute atomic E-state index is 12.8. The first-order chi connectivity index (χ1) is 11.4. The Morgan fingerprint density at radius 1 is 1.20 bits per heavy atom. The Kier molecular flexibility index (Phi) is 7.19. The molecule has 1 rings (SSSR count). The molecule has 3 nitrogen and oxygen atoms in total. The van der Waals surface area contributed by atoms with E-state index in [1.807, 2.05) is 13.8 Å². The van der Waals surface area contributed by atoms with Crippen LogP contribution in [0.15, 0.2) is 18.2 Å². The largest absolute Gasteiger partial charge is 0.466 e. The van der Waals surface area contributed by atoms with Gasteiger partial charge in [0, 0.05) is 0 Å². The van der Waals surface area contributed by atoms with Crippen molar-refractivity contribution in [2.24, 2.45) is 5.41 Å². The second kappa shape index (κ2) is 8.49. The molecule has 0 aliphatic rings. The smallest absolute Gasteiger partial charge is 0.419 e. The fraction of sp³-hybridized carbons (Fsp3) is 0.588. The summed E-state index contributed by atoms with van der Waals surface area (Å²) in [4.78, 5) is 11.5. The van der Waals surface area contributed by atoms with E-state index in [4.69, 9.17) is 4.74 Å². The molecule has 8 heteroatoms. The Labute approximate surface area is 143 Å². The van der Waals surface area contributed by atoms with Crippen molar-refractivity contribution in [1.82, 2.24) is 0 Å². The molecular weight excluding hydrogens is 347 g/mol. The molecule has 25 heavy (non-hydrogen) atoms. The van der Waals surface area contributed by atoms with Crippen LogP contribution in [0.5, 0.6) is 5.75 Å². The first-order valence-corrected chi connectivity index (χ1v) is 7.75. The molecule has 0 N–H and O–H groups in total. The highest BCUT2D eigenvalue weighted by Crippen LogP contribution is 2.38. The van der Waals surface area contributed by atoms with Crippen molar-refractivity contribution in [2.75, 3.05) is 6.61 Å². The van der Waals surface area contributed by atoms with E-state index >= 15 is 0 Å². The number of hydrogen-bond donors (Lipinski definition) is 0. The number of benzene rings is 1.